The number of ether oxygens (including phenoxy) is 4. The van der Waals surface area contributed by atoms with Gasteiger partial charge in [-0.2, -0.15) is 0 Å². The van der Waals surface area contributed by atoms with Gasteiger partial charge in [-0.3, -0.25) is 9.80 Å². The van der Waals surface area contributed by atoms with Gasteiger partial charge >= 0.3 is 0 Å². The van der Waals surface area contributed by atoms with Crippen molar-refractivity contribution < 1.29 is 24.1 Å². The van der Waals surface area contributed by atoms with Crippen LogP contribution in [0.5, 0.6) is 11.5 Å². The zero-order chi connectivity index (χ0) is 18.6. The summed E-state index contributed by atoms with van der Waals surface area (Å²) in [6.45, 7) is 8.37. The van der Waals surface area contributed by atoms with Crippen LogP contribution >= 0.6 is 24.8 Å². The molecule has 9 heteroatoms. The quantitative estimate of drug-likeness (QED) is 0.496. The number of halogens is 2. The summed E-state index contributed by atoms with van der Waals surface area (Å²) in [7, 11) is 3.32. The number of aliphatic hydroxyl groups is 1. The summed E-state index contributed by atoms with van der Waals surface area (Å²) in [5, 5.41) is 8.62. The smallest absolute Gasteiger partial charge is 0.161 e. The molecule has 1 aromatic carbocycles. The van der Waals surface area contributed by atoms with Gasteiger partial charge in [0.25, 0.3) is 0 Å². The molecule has 0 radical (unpaired) electrons. The van der Waals surface area contributed by atoms with Crippen LogP contribution in [0.4, 0.5) is 0 Å². The van der Waals surface area contributed by atoms with Gasteiger partial charge in [-0.25, -0.2) is 0 Å². The van der Waals surface area contributed by atoms with Crippen LogP contribution in [-0.4, -0.2) is 94.9 Å². The lowest BCUT2D eigenvalue weighted by Gasteiger charge is -2.34. The first-order valence-electron chi connectivity index (χ1n) is 9.18. The van der Waals surface area contributed by atoms with Crippen molar-refractivity contribution in [3.8, 4) is 11.5 Å². The highest BCUT2D eigenvalue weighted by Crippen LogP contribution is 2.28. The van der Waals surface area contributed by atoms with Crippen molar-refractivity contribution in [3.63, 3.8) is 0 Å². The van der Waals surface area contributed by atoms with Crippen LogP contribution in [0.1, 0.15) is 5.56 Å². The van der Waals surface area contributed by atoms with Gasteiger partial charge in [-0.05, 0) is 17.7 Å². The summed E-state index contributed by atoms with van der Waals surface area (Å²) in [4.78, 5) is 4.89. The lowest BCUT2D eigenvalue weighted by molar-refractivity contribution is 0.0214. The van der Waals surface area contributed by atoms with Crippen molar-refractivity contribution in [2.24, 2.45) is 0 Å². The minimum absolute atomic E-state index is 0. The van der Waals surface area contributed by atoms with E-state index in [2.05, 4.69) is 21.9 Å². The summed E-state index contributed by atoms with van der Waals surface area (Å²) in [5.41, 5.74) is 1.24. The predicted molar refractivity (Wildman–Crippen MR) is 114 cm³/mol. The van der Waals surface area contributed by atoms with Gasteiger partial charge in [0.1, 0.15) is 0 Å². The maximum Gasteiger partial charge on any atom is 0.161 e. The monoisotopic (exact) mass is 440 g/mol. The molecule has 1 heterocycles. The molecule has 1 fully saturated rings. The maximum atomic E-state index is 8.62. The van der Waals surface area contributed by atoms with Crippen molar-refractivity contribution in [1.82, 2.24) is 9.80 Å². The van der Waals surface area contributed by atoms with E-state index in [1.54, 1.807) is 14.2 Å². The maximum absolute atomic E-state index is 8.62. The van der Waals surface area contributed by atoms with E-state index in [-0.39, 0.29) is 31.4 Å². The second-order valence-corrected chi connectivity index (χ2v) is 6.26. The van der Waals surface area contributed by atoms with E-state index in [9.17, 15) is 0 Å². The third-order valence-electron chi connectivity index (χ3n) is 4.48. The highest BCUT2D eigenvalue weighted by Gasteiger charge is 2.17. The fraction of sp³-hybridized carbons (Fsp3) is 0.684. The zero-order valence-electron chi connectivity index (χ0n) is 16.8. The molecule has 1 N–H and O–H groups in total. The summed E-state index contributed by atoms with van der Waals surface area (Å²) < 4.78 is 21.4. The first kappa shape index (κ1) is 27.2. The molecule has 0 saturated carbocycles. The SMILES string of the molecule is COc1ccc(CN2CCN(CCOCCOCCO)CC2)cc1OC.Cl.Cl. The lowest BCUT2D eigenvalue weighted by atomic mass is 10.1. The zero-order valence-corrected chi connectivity index (χ0v) is 18.4. The second kappa shape index (κ2) is 16.0. The molecule has 1 aromatic rings. The molecule has 0 amide bonds. The van der Waals surface area contributed by atoms with Gasteiger partial charge in [-0.1, -0.05) is 6.07 Å². The number of aliphatic hydroxyl groups excluding tert-OH is 1. The van der Waals surface area contributed by atoms with Crippen LogP contribution in [-0.2, 0) is 16.0 Å². The number of benzene rings is 1. The number of rotatable bonds is 12. The third-order valence-corrected chi connectivity index (χ3v) is 4.48. The van der Waals surface area contributed by atoms with Crippen molar-refractivity contribution in [2.75, 3.05) is 80.0 Å². The van der Waals surface area contributed by atoms with E-state index in [4.69, 9.17) is 24.1 Å². The lowest BCUT2D eigenvalue weighted by Crippen LogP contribution is -2.46. The predicted octanol–water partition coefficient (Wildman–Crippen LogP) is 1.69. The average molecular weight is 441 g/mol. The van der Waals surface area contributed by atoms with Crippen molar-refractivity contribution in [1.29, 1.82) is 0 Å². The molecule has 1 saturated heterocycles. The van der Waals surface area contributed by atoms with Gasteiger partial charge in [-0.15, -0.1) is 24.8 Å². The van der Waals surface area contributed by atoms with Crippen molar-refractivity contribution >= 4 is 24.8 Å². The summed E-state index contributed by atoms with van der Waals surface area (Å²) in [5.74, 6) is 1.55. The standard InChI is InChI=1S/C19H32N2O5.2ClH/c1-23-18-4-3-17(15-19(18)24-2)16-21-7-5-20(6-8-21)9-11-25-13-14-26-12-10-22;;/h3-4,15,22H,5-14,16H2,1-2H3;2*1H. The molecule has 0 unspecified atom stereocenters. The third kappa shape index (κ3) is 9.60. The topological polar surface area (TPSA) is 63.6 Å². The van der Waals surface area contributed by atoms with Crippen molar-refractivity contribution in [2.45, 2.75) is 6.54 Å². The van der Waals surface area contributed by atoms with Gasteiger partial charge in [0.05, 0.1) is 47.3 Å². The Labute approximate surface area is 180 Å². The fourth-order valence-corrected chi connectivity index (χ4v) is 2.99. The molecule has 0 aliphatic carbocycles. The van der Waals surface area contributed by atoms with E-state index < -0.39 is 0 Å². The molecular weight excluding hydrogens is 407 g/mol. The largest absolute Gasteiger partial charge is 0.493 e. The molecule has 164 valence electrons. The van der Waals surface area contributed by atoms with Crippen LogP contribution in [0.25, 0.3) is 0 Å². The Hall–Kier alpha value is -0.800. The fourth-order valence-electron chi connectivity index (χ4n) is 2.99. The van der Waals surface area contributed by atoms with E-state index in [0.29, 0.717) is 19.8 Å². The van der Waals surface area contributed by atoms with Gasteiger partial charge in [0.15, 0.2) is 11.5 Å². The van der Waals surface area contributed by atoms with Crippen LogP contribution in [0, 0.1) is 0 Å². The second-order valence-electron chi connectivity index (χ2n) is 6.26. The summed E-state index contributed by atoms with van der Waals surface area (Å²) in [6, 6.07) is 6.12. The Bertz CT molecular complexity index is 517. The Morgan fingerprint density at radius 1 is 0.821 bits per heavy atom. The first-order valence-corrected chi connectivity index (χ1v) is 9.18. The number of piperazine rings is 1. The number of nitrogens with zero attached hydrogens (tertiary/aromatic N) is 2. The van der Waals surface area contributed by atoms with Gasteiger partial charge in [0.2, 0.25) is 0 Å². The van der Waals surface area contributed by atoms with E-state index in [0.717, 1.165) is 57.4 Å². The van der Waals surface area contributed by atoms with Crippen LogP contribution in [0.15, 0.2) is 18.2 Å². The molecule has 0 spiro atoms. The van der Waals surface area contributed by atoms with E-state index in [1.807, 2.05) is 6.07 Å². The Morgan fingerprint density at radius 2 is 1.43 bits per heavy atom. The Kier molecular flexibility index (Phi) is 15.6. The number of hydrogen-bond donors (Lipinski definition) is 1. The molecule has 7 nitrogen and oxygen atoms in total. The summed E-state index contributed by atoms with van der Waals surface area (Å²) in [6.07, 6.45) is 0. The van der Waals surface area contributed by atoms with Crippen molar-refractivity contribution in [3.05, 3.63) is 23.8 Å². The van der Waals surface area contributed by atoms with Crippen LogP contribution in [0.2, 0.25) is 0 Å². The molecule has 0 aromatic heterocycles. The highest BCUT2D eigenvalue weighted by molar-refractivity contribution is 5.85. The molecule has 0 bridgehead atoms. The average Bonchev–Trinajstić information content (AvgIpc) is 2.68. The van der Waals surface area contributed by atoms with E-state index >= 15 is 0 Å². The number of hydrogen-bond acceptors (Lipinski definition) is 7. The normalized spacial score (nSPS) is 14.8. The molecule has 1 aliphatic rings. The van der Waals surface area contributed by atoms with Crippen LogP contribution in [0.3, 0.4) is 0 Å². The molecular formula is C19H34Cl2N2O5. The molecule has 1 aliphatic heterocycles. The molecule has 28 heavy (non-hydrogen) atoms. The minimum Gasteiger partial charge on any atom is -0.493 e. The first-order chi connectivity index (χ1) is 12.8. The highest BCUT2D eigenvalue weighted by atomic mass is 35.5. The van der Waals surface area contributed by atoms with Gasteiger partial charge in [0, 0.05) is 39.3 Å². The summed E-state index contributed by atoms with van der Waals surface area (Å²) >= 11 is 0. The Morgan fingerprint density at radius 3 is 2.04 bits per heavy atom. The van der Waals surface area contributed by atoms with Crippen LogP contribution < -0.4 is 9.47 Å². The van der Waals surface area contributed by atoms with Gasteiger partial charge < -0.3 is 24.1 Å². The van der Waals surface area contributed by atoms with E-state index in [1.165, 1.54) is 5.56 Å². The molecule has 2 rings (SSSR count). The minimum atomic E-state index is 0. The number of methoxy groups -OCH3 is 2. The molecule has 0 atom stereocenters. The Balaban J connectivity index is 0.00000364.